The minimum Gasteiger partial charge on any atom is -0.497 e. The van der Waals surface area contributed by atoms with E-state index < -0.39 is 0 Å². The summed E-state index contributed by atoms with van der Waals surface area (Å²) in [5.74, 6) is 2.63. The molecule has 1 aromatic carbocycles. The predicted octanol–water partition coefficient (Wildman–Crippen LogP) is 3.72. The summed E-state index contributed by atoms with van der Waals surface area (Å²) >= 11 is 0. The molecule has 0 aliphatic carbocycles. The Morgan fingerprint density at radius 2 is 1.69 bits per heavy atom. The van der Waals surface area contributed by atoms with Crippen molar-refractivity contribution in [2.45, 2.75) is 58.0 Å². The lowest BCUT2D eigenvalue weighted by Crippen LogP contribution is -2.49. The molecule has 2 aliphatic rings. The largest absolute Gasteiger partial charge is 0.497 e. The first-order valence-electron chi connectivity index (χ1n) is 11.9. The van der Waals surface area contributed by atoms with Gasteiger partial charge in [-0.25, -0.2) is 0 Å². The highest BCUT2D eigenvalue weighted by Crippen LogP contribution is 2.30. The van der Waals surface area contributed by atoms with Crippen LogP contribution in [0.2, 0.25) is 0 Å². The van der Waals surface area contributed by atoms with Crippen LogP contribution in [0.1, 0.15) is 46.0 Å². The number of halogens is 1. The summed E-state index contributed by atoms with van der Waals surface area (Å²) in [6.07, 6.45) is 6.07. The molecule has 0 radical (unpaired) electrons. The first-order chi connectivity index (χ1) is 15.2. The number of likely N-dealkylation sites (N-methyl/N-ethyl adjacent to an activating group) is 1. The van der Waals surface area contributed by atoms with Gasteiger partial charge in [0.25, 0.3) is 0 Å². The van der Waals surface area contributed by atoms with Crippen molar-refractivity contribution in [1.82, 2.24) is 15.5 Å². The molecule has 0 amide bonds. The first-order valence-corrected chi connectivity index (χ1v) is 11.9. The van der Waals surface area contributed by atoms with Crippen molar-refractivity contribution in [3.63, 3.8) is 0 Å². The highest BCUT2D eigenvalue weighted by molar-refractivity contribution is 14.0. The number of hydrogen-bond donors (Lipinski definition) is 2. The number of guanidine groups is 1. The van der Waals surface area contributed by atoms with Crippen molar-refractivity contribution in [2.24, 2.45) is 4.99 Å². The lowest BCUT2D eigenvalue weighted by molar-refractivity contribution is 0.161. The predicted molar refractivity (Wildman–Crippen MR) is 144 cm³/mol. The number of aliphatic imine (C=N–C) groups is 1. The number of benzene rings is 1. The number of ether oxygens (including phenoxy) is 2. The van der Waals surface area contributed by atoms with E-state index in [9.17, 15) is 0 Å². The van der Waals surface area contributed by atoms with Crippen LogP contribution in [0.3, 0.4) is 0 Å². The molecule has 1 atom stereocenters. The molecule has 1 aromatic rings. The molecule has 2 saturated heterocycles. The maximum atomic E-state index is 5.43. The molecule has 8 heteroatoms. The Labute approximate surface area is 211 Å². The molecule has 2 N–H and O–H groups in total. The monoisotopic (exact) mass is 559 g/mol. The van der Waals surface area contributed by atoms with Gasteiger partial charge in [-0.15, -0.1) is 24.0 Å². The molecule has 0 aromatic heterocycles. The molecular weight excluding hydrogens is 517 g/mol. The van der Waals surface area contributed by atoms with Crippen LogP contribution in [0.4, 0.5) is 5.69 Å². The lowest BCUT2D eigenvalue weighted by atomic mass is 10.0. The molecular formula is C24H42IN5O2. The third kappa shape index (κ3) is 7.57. The molecule has 7 nitrogen and oxygen atoms in total. The van der Waals surface area contributed by atoms with Crippen molar-refractivity contribution in [3.8, 4) is 11.5 Å². The second kappa shape index (κ2) is 14.0. The van der Waals surface area contributed by atoms with Crippen LogP contribution >= 0.6 is 24.0 Å². The zero-order valence-electron chi connectivity index (χ0n) is 20.2. The Bertz CT molecular complexity index is 687. The van der Waals surface area contributed by atoms with Crippen molar-refractivity contribution < 1.29 is 9.47 Å². The molecule has 2 aliphatic heterocycles. The SMILES string of the molecule is CCNC(=NCC1CCCCN1CC)NC1CCN(c2cc(OC)cc(OC)c2)CC1.I. The van der Waals surface area contributed by atoms with Crippen molar-refractivity contribution in [3.05, 3.63) is 18.2 Å². The number of rotatable bonds is 8. The minimum absolute atomic E-state index is 0. The van der Waals surface area contributed by atoms with Crippen LogP contribution in [0.5, 0.6) is 11.5 Å². The number of piperidine rings is 2. The van der Waals surface area contributed by atoms with Gasteiger partial charge in [-0.2, -0.15) is 0 Å². The summed E-state index contributed by atoms with van der Waals surface area (Å²) < 4.78 is 10.9. The Kier molecular flexibility index (Phi) is 11.7. The topological polar surface area (TPSA) is 61.4 Å². The van der Waals surface area contributed by atoms with E-state index in [2.05, 4.69) is 46.4 Å². The van der Waals surface area contributed by atoms with E-state index >= 15 is 0 Å². The van der Waals surface area contributed by atoms with Crippen LogP contribution in [0, 0.1) is 0 Å². The van der Waals surface area contributed by atoms with Gasteiger partial charge in [0.2, 0.25) is 0 Å². The van der Waals surface area contributed by atoms with E-state index in [0.29, 0.717) is 12.1 Å². The molecule has 0 spiro atoms. The fraction of sp³-hybridized carbons (Fsp3) is 0.708. The van der Waals surface area contributed by atoms with Crippen LogP contribution in [0.25, 0.3) is 0 Å². The van der Waals surface area contributed by atoms with E-state index in [0.717, 1.165) is 68.7 Å². The second-order valence-electron chi connectivity index (χ2n) is 8.47. The van der Waals surface area contributed by atoms with Gasteiger partial charge in [0.1, 0.15) is 11.5 Å². The Balaban J connectivity index is 0.00000363. The average Bonchev–Trinajstić information content (AvgIpc) is 2.82. The summed E-state index contributed by atoms with van der Waals surface area (Å²) in [5.41, 5.74) is 1.16. The van der Waals surface area contributed by atoms with Crippen molar-refractivity contribution in [1.29, 1.82) is 0 Å². The molecule has 3 rings (SSSR count). The maximum absolute atomic E-state index is 5.43. The normalized spacial score (nSPS) is 20.4. The molecule has 0 bridgehead atoms. The zero-order valence-corrected chi connectivity index (χ0v) is 22.6. The first kappa shape index (κ1) is 26.8. The van der Waals surface area contributed by atoms with E-state index in [-0.39, 0.29) is 24.0 Å². The van der Waals surface area contributed by atoms with Gasteiger partial charge in [-0.05, 0) is 45.7 Å². The Hall–Kier alpha value is -1.42. The van der Waals surface area contributed by atoms with Gasteiger partial charge in [-0.1, -0.05) is 13.3 Å². The van der Waals surface area contributed by atoms with Gasteiger partial charge in [0.05, 0.1) is 20.8 Å². The fourth-order valence-corrected chi connectivity index (χ4v) is 4.65. The Morgan fingerprint density at radius 3 is 2.28 bits per heavy atom. The summed E-state index contributed by atoms with van der Waals surface area (Å²) in [5, 5.41) is 7.14. The third-order valence-corrected chi connectivity index (χ3v) is 6.50. The van der Waals surface area contributed by atoms with E-state index in [1.807, 2.05) is 6.07 Å². The van der Waals surface area contributed by atoms with Crippen LogP contribution in [-0.2, 0) is 0 Å². The molecule has 2 heterocycles. The number of hydrogen-bond acceptors (Lipinski definition) is 5. The zero-order chi connectivity index (χ0) is 22.1. The average molecular weight is 560 g/mol. The quantitative estimate of drug-likeness (QED) is 0.288. The van der Waals surface area contributed by atoms with Gasteiger partial charge >= 0.3 is 0 Å². The summed E-state index contributed by atoms with van der Waals surface area (Å²) in [6, 6.07) is 7.12. The summed E-state index contributed by atoms with van der Waals surface area (Å²) in [4.78, 5) is 9.95. The number of anilines is 1. The molecule has 2 fully saturated rings. The molecule has 32 heavy (non-hydrogen) atoms. The van der Waals surface area contributed by atoms with Gasteiger partial charge < -0.3 is 25.0 Å². The van der Waals surface area contributed by atoms with E-state index in [4.69, 9.17) is 14.5 Å². The van der Waals surface area contributed by atoms with E-state index in [1.54, 1.807) is 14.2 Å². The van der Waals surface area contributed by atoms with Crippen LogP contribution in [-0.4, -0.2) is 76.4 Å². The van der Waals surface area contributed by atoms with Gasteiger partial charge in [0.15, 0.2) is 5.96 Å². The highest BCUT2D eigenvalue weighted by atomic mass is 127. The van der Waals surface area contributed by atoms with Crippen molar-refractivity contribution in [2.75, 3.05) is 58.4 Å². The number of nitrogens with one attached hydrogen (secondary N) is 2. The van der Waals surface area contributed by atoms with Crippen LogP contribution < -0.4 is 25.0 Å². The Morgan fingerprint density at radius 1 is 1.00 bits per heavy atom. The van der Waals surface area contributed by atoms with Gasteiger partial charge in [-0.3, -0.25) is 9.89 Å². The summed E-state index contributed by atoms with van der Waals surface area (Å²) in [6.45, 7) is 10.5. The maximum Gasteiger partial charge on any atom is 0.191 e. The molecule has 1 unspecified atom stereocenters. The number of methoxy groups -OCH3 is 2. The standard InChI is InChI=1S/C24H41N5O2.HI/c1-5-25-24(26-18-20-9-7-8-12-28(20)6-2)27-19-10-13-29(14-11-19)21-15-22(30-3)17-23(16-21)31-4;/h15-17,19-20H,5-14,18H2,1-4H3,(H2,25,26,27);1H. The second-order valence-corrected chi connectivity index (χ2v) is 8.47. The third-order valence-electron chi connectivity index (χ3n) is 6.50. The fourth-order valence-electron chi connectivity index (χ4n) is 4.65. The van der Waals surface area contributed by atoms with Crippen molar-refractivity contribution >= 4 is 35.6 Å². The molecule has 0 saturated carbocycles. The highest BCUT2D eigenvalue weighted by Gasteiger charge is 2.23. The number of nitrogens with zero attached hydrogens (tertiary/aromatic N) is 3. The lowest BCUT2D eigenvalue weighted by Gasteiger charge is -2.35. The summed E-state index contributed by atoms with van der Waals surface area (Å²) in [7, 11) is 3.40. The number of likely N-dealkylation sites (tertiary alicyclic amines) is 1. The smallest absolute Gasteiger partial charge is 0.191 e. The van der Waals surface area contributed by atoms with Crippen LogP contribution in [0.15, 0.2) is 23.2 Å². The van der Waals surface area contributed by atoms with E-state index in [1.165, 1.54) is 25.8 Å². The molecule has 182 valence electrons. The van der Waals surface area contributed by atoms with Gasteiger partial charge in [0, 0.05) is 55.6 Å². The minimum atomic E-state index is 0.